The fourth-order valence-electron chi connectivity index (χ4n) is 3.02. The highest BCUT2D eigenvalue weighted by Crippen LogP contribution is 2.47. The predicted octanol–water partition coefficient (Wildman–Crippen LogP) is 1.67. The maximum absolute atomic E-state index is 12.4. The van der Waals surface area contributed by atoms with Crippen molar-refractivity contribution in [3.63, 3.8) is 0 Å². The number of ether oxygens (including phenoxy) is 1. The van der Waals surface area contributed by atoms with Gasteiger partial charge in [-0.3, -0.25) is 9.59 Å². The minimum absolute atomic E-state index is 0.321. The van der Waals surface area contributed by atoms with E-state index in [9.17, 15) is 14.7 Å². The Morgan fingerprint density at radius 3 is 2.65 bits per heavy atom. The first-order valence-corrected chi connectivity index (χ1v) is 6.47. The zero-order chi connectivity index (χ0) is 14.3. The number of benzene rings is 1. The molecule has 5 nitrogen and oxygen atoms in total. The number of nitrogens with one attached hydrogen (secondary N) is 1. The molecule has 2 heterocycles. The Morgan fingerprint density at radius 2 is 2.00 bits per heavy atom. The van der Waals surface area contributed by atoms with Gasteiger partial charge in [0.2, 0.25) is 5.91 Å². The summed E-state index contributed by atoms with van der Waals surface area (Å²) < 4.78 is 5.65. The molecule has 0 spiro atoms. The highest BCUT2D eigenvalue weighted by atomic mass is 16.5. The van der Waals surface area contributed by atoms with Crippen LogP contribution in [0.4, 0.5) is 5.69 Å². The quantitative estimate of drug-likeness (QED) is 0.821. The lowest BCUT2D eigenvalue weighted by Crippen LogP contribution is -2.44. The lowest BCUT2D eigenvalue weighted by molar-refractivity contribution is -0.146. The number of hydrogen-bond donors (Lipinski definition) is 2. The number of para-hydroxylation sites is 1. The molecule has 104 valence electrons. The van der Waals surface area contributed by atoms with Crippen molar-refractivity contribution in [1.82, 2.24) is 0 Å². The minimum atomic E-state index is -1.00. The van der Waals surface area contributed by atoms with Gasteiger partial charge >= 0.3 is 5.97 Å². The van der Waals surface area contributed by atoms with Gasteiger partial charge in [0.25, 0.3) is 0 Å². The van der Waals surface area contributed by atoms with Crippen molar-refractivity contribution in [2.75, 3.05) is 5.32 Å². The molecule has 0 aliphatic carbocycles. The van der Waals surface area contributed by atoms with Crippen molar-refractivity contribution in [3.05, 3.63) is 42.5 Å². The molecule has 20 heavy (non-hydrogen) atoms. The van der Waals surface area contributed by atoms with E-state index in [1.165, 1.54) is 0 Å². The molecular weight excluding hydrogens is 258 g/mol. The number of hydrogen-bond acceptors (Lipinski definition) is 3. The standard InChI is InChI=1S/C15H15NO4/c1-15-8-7-10(20-15)11(14(18)19)12(15)13(17)16-9-5-3-2-4-6-9/h2-8,10-12H,1H3,(H,16,17)(H,18,19)/t10-,11-,12+,15+/m1/s1. The number of amides is 1. The molecule has 1 aromatic carbocycles. The lowest BCUT2D eigenvalue weighted by Gasteiger charge is -2.27. The number of fused-ring (bicyclic) bond motifs is 2. The molecular formula is C15H15NO4. The normalized spacial score (nSPS) is 34.1. The van der Waals surface area contributed by atoms with E-state index in [0.717, 1.165) is 0 Å². The summed E-state index contributed by atoms with van der Waals surface area (Å²) in [6.07, 6.45) is 2.99. The summed E-state index contributed by atoms with van der Waals surface area (Å²) in [6, 6.07) is 8.99. The summed E-state index contributed by atoms with van der Waals surface area (Å²) in [5.74, 6) is -2.89. The number of aliphatic carboxylic acids is 1. The van der Waals surface area contributed by atoms with E-state index in [-0.39, 0.29) is 5.91 Å². The van der Waals surface area contributed by atoms with Crippen molar-refractivity contribution in [2.24, 2.45) is 11.8 Å². The number of carboxylic acids is 1. The Kier molecular flexibility index (Phi) is 2.87. The smallest absolute Gasteiger partial charge is 0.310 e. The van der Waals surface area contributed by atoms with Gasteiger partial charge in [0, 0.05) is 5.69 Å². The fourth-order valence-corrected chi connectivity index (χ4v) is 3.02. The lowest BCUT2D eigenvalue weighted by atomic mass is 9.75. The summed E-state index contributed by atoms with van der Waals surface area (Å²) in [5, 5.41) is 12.1. The number of anilines is 1. The maximum atomic E-state index is 12.4. The van der Waals surface area contributed by atoms with Crippen LogP contribution in [0.25, 0.3) is 0 Å². The molecule has 1 aromatic rings. The fraction of sp³-hybridized carbons (Fsp3) is 0.333. The van der Waals surface area contributed by atoms with Crippen LogP contribution in [0.15, 0.2) is 42.5 Å². The number of carbonyl (C=O) groups excluding carboxylic acids is 1. The van der Waals surface area contributed by atoms with Crippen LogP contribution in [0.1, 0.15) is 6.92 Å². The van der Waals surface area contributed by atoms with Gasteiger partial charge in [-0.1, -0.05) is 30.4 Å². The van der Waals surface area contributed by atoms with Gasteiger partial charge in [-0.05, 0) is 19.1 Å². The van der Waals surface area contributed by atoms with Crippen molar-refractivity contribution < 1.29 is 19.4 Å². The SMILES string of the molecule is C[C@@]12C=C[C@@H](O1)[C@@H](C(=O)O)[C@H]2C(=O)Nc1ccccc1. The topological polar surface area (TPSA) is 75.6 Å². The Hall–Kier alpha value is -2.14. The van der Waals surface area contributed by atoms with Gasteiger partial charge in [-0.2, -0.15) is 0 Å². The molecule has 1 saturated heterocycles. The van der Waals surface area contributed by atoms with Crippen LogP contribution in [-0.2, 0) is 14.3 Å². The molecule has 5 heteroatoms. The van der Waals surface area contributed by atoms with E-state index < -0.39 is 29.5 Å². The van der Waals surface area contributed by atoms with Crippen molar-refractivity contribution in [2.45, 2.75) is 18.6 Å². The van der Waals surface area contributed by atoms with Crippen molar-refractivity contribution in [3.8, 4) is 0 Å². The summed E-state index contributed by atoms with van der Waals surface area (Å²) in [6.45, 7) is 1.75. The predicted molar refractivity (Wildman–Crippen MR) is 72.1 cm³/mol. The van der Waals surface area contributed by atoms with Crippen LogP contribution >= 0.6 is 0 Å². The first-order chi connectivity index (χ1) is 9.51. The average Bonchev–Trinajstić information content (AvgIpc) is 2.92. The van der Waals surface area contributed by atoms with Gasteiger partial charge in [0.05, 0.1) is 17.6 Å². The second-order valence-electron chi connectivity index (χ2n) is 5.32. The molecule has 2 aliphatic rings. The maximum Gasteiger partial charge on any atom is 0.310 e. The van der Waals surface area contributed by atoms with E-state index in [4.69, 9.17) is 4.74 Å². The molecule has 1 amide bonds. The first-order valence-electron chi connectivity index (χ1n) is 6.47. The molecule has 0 unspecified atom stereocenters. The van der Waals surface area contributed by atoms with Gasteiger partial charge < -0.3 is 15.2 Å². The third-order valence-electron chi connectivity index (χ3n) is 3.95. The molecule has 2 bridgehead atoms. The van der Waals surface area contributed by atoms with Gasteiger partial charge in [-0.15, -0.1) is 0 Å². The third-order valence-corrected chi connectivity index (χ3v) is 3.95. The summed E-state index contributed by atoms with van der Waals surface area (Å²) in [7, 11) is 0. The summed E-state index contributed by atoms with van der Waals surface area (Å²) in [4.78, 5) is 23.8. The van der Waals surface area contributed by atoms with Crippen molar-refractivity contribution >= 4 is 17.6 Å². The van der Waals surface area contributed by atoms with Crippen molar-refractivity contribution in [1.29, 1.82) is 0 Å². The Labute approximate surface area is 116 Å². The van der Waals surface area contributed by atoms with Crippen LogP contribution in [0, 0.1) is 11.8 Å². The Bertz CT molecular complexity index is 583. The molecule has 0 radical (unpaired) electrons. The van der Waals surface area contributed by atoms with Crippen LogP contribution in [0.2, 0.25) is 0 Å². The second kappa shape index (κ2) is 4.45. The van der Waals surface area contributed by atoms with Gasteiger partial charge in [0.1, 0.15) is 5.92 Å². The summed E-state index contributed by atoms with van der Waals surface area (Å²) in [5.41, 5.74) is -0.191. The van der Waals surface area contributed by atoms with E-state index in [2.05, 4.69) is 5.32 Å². The second-order valence-corrected chi connectivity index (χ2v) is 5.32. The first kappa shape index (κ1) is 12.9. The van der Waals surface area contributed by atoms with E-state index in [0.29, 0.717) is 5.69 Å². The van der Waals surface area contributed by atoms with E-state index >= 15 is 0 Å². The van der Waals surface area contributed by atoms with Crippen LogP contribution in [-0.4, -0.2) is 28.7 Å². The van der Waals surface area contributed by atoms with E-state index in [1.807, 2.05) is 18.2 Å². The highest BCUT2D eigenvalue weighted by molar-refractivity contribution is 5.97. The van der Waals surface area contributed by atoms with Crippen LogP contribution < -0.4 is 5.32 Å². The van der Waals surface area contributed by atoms with Crippen LogP contribution in [0.3, 0.4) is 0 Å². The molecule has 0 aromatic heterocycles. The number of rotatable bonds is 3. The van der Waals surface area contributed by atoms with E-state index in [1.54, 1.807) is 31.2 Å². The molecule has 2 aliphatic heterocycles. The zero-order valence-corrected chi connectivity index (χ0v) is 10.9. The Morgan fingerprint density at radius 1 is 1.30 bits per heavy atom. The number of carboxylic acid groups (broad SMARTS) is 1. The van der Waals surface area contributed by atoms with Gasteiger partial charge in [0.15, 0.2) is 0 Å². The highest BCUT2D eigenvalue weighted by Gasteiger charge is 2.59. The molecule has 0 saturated carbocycles. The molecule has 1 fully saturated rings. The molecule has 2 N–H and O–H groups in total. The minimum Gasteiger partial charge on any atom is -0.481 e. The average molecular weight is 273 g/mol. The Balaban J connectivity index is 1.86. The third kappa shape index (κ3) is 1.91. The zero-order valence-electron chi connectivity index (χ0n) is 10.9. The molecule has 4 atom stereocenters. The number of carbonyl (C=O) groups is 2. The molecule has 3 rings (SSSR count). The summed E-state index contributed by atoms with van der Waals surface area (Å²) >= 11 is 0. The monoisotopic (exact) mass is 273 g/mol. The van der Waals surface area contributed by atoms with Gasteiger partial charge in [-0.25, -0.2) is 0 Å². The largest absolute Gasteiger partial charge is 0.481 e. The van der Waals surface area contributed by atoms with Crippen LogP contribution in [0.5, 0.6) is 0 Å².